The van der Waals surface area contributed by atoms with Crippen molar-refractivity contribution in [2.24, 2.45) is 11.1 Å². The summed E-state index contributed by atoms with van der Waals surface area (Å²) in [6.45, 7) is 6.01. The van der Waals surface area contributed by atoms with E-state index >= 15 is 0 Å². The molecule has 5 heteroatoms. The number of hydrogen-bond donors (Lipinski definition) is 3. The third-order valence-corrected chi connectivity index (χ3v) is 6.79. The second-order valence-electron chi connectivity index (χ2n) is 9.11. The van der Waals surface area contributed by atoms with Crippen LogP contribution in [0.15, 0.2) is 36.4 Å². The summed E-state index contributed by atoms with van der Waals surface area (Å²) in [5.74, 6) is -1.57. The number of carboxylic acids is 2. The Labute approximate surface area is 177 Å². The minimum Gasteiger partial charge on any atom is -0.481 e. The van der Waals surface area contributed by atoms with Gasteiger partial charge in [0.15, 0.2) is 0 Å². The van der Waals surface area contributed by atoms with Gasteiger partial charge in [-0.25, -0.2) is 0 Å². The summed E-state index contributed by atoms with van der Waals surface area (Å²) in [4.78, 5) is 22.2. The average molecular weight is 410 g/mol. The Balaban J connectivity index is 0.000000171. The zero-order chi connectivity index (χ0) is 22.1. The molecule has 0 bridgehead atoms. The number of fused-ring (bicyclic) bond motifs is 2. The van der Waals surface area contributed by atoms with Crippen LogP contribution >= 0.6 is 0 Å². The smallest absolute Gasteiger partial charge is 0.324 e. The highest BCUT2D eigenvalue weighted by Gasteiger charge is 2.38. The van der Waals surface area contributed by atoms with E-state index in [0.717, 1.165) is 24.8 Å². The first-order valence-electron chi connectivity index (χ1n) is 10.5. The Hall–Kier alpha value is -2.66. The Bertz CT molecular complexity index is 904. The van der Waals surface area contributed by atoms with Gasteiger partial charge in [0.1, 0.15) is 5.54 Å². The fraction of sp³-hybridized carbons (Fsp3) is 0.440. The first kappa shape index (κ1) is 22.0. The molecule has 0 spiro atoms. The molecular weight excluding hydrogens is 378 g/mol. The molecule has 0 radical (unpaired) electrons. The Morgan fingerprint density at radius 1 is 0.833 bits per heavy atom. The maximum atomic E-state index is 11.2. The number of carboxylic acid groups (broad SMARTS) is 2. The molecule has 2 aliphatic rings. The fourth-order valence-corrected chi connectivity index (χ4v) is 4.62. The van der Waals surface area contributed by atoms with Crippen molar-refractivity contribution in [3.8, 4) is 0 Å². The third-order valence-electron chi connectivity index (χ3n) is 6.79. The number of aliphatic carboxylic acids is 2. The molecule has 160 valence electrons. The molecule has 0 heterocycles. The molecule has 0 aromatic heterocycles. The van der Waals surface area contributed by atoms with Gasteiger partial charge < -0.3 is 15.9 Å². The second kappa shape index (κ2) is 8.23. The standard InChI is InChI=1S/C13H16O2.C12H15NO2/c1-9-4-3-5-10-8-13(2,12(14)15)7-6-11(9)10;1-8-3-2-4-9-7-12(13,11(14)15)6-5-10(8)9/h3-5H,6-8H2,1-2H3,(H,14,15);2-4H,5-7,13H2,1H3,(H,14,15). The molecule has 2 aromatic rings. The maximum absolute atomic E-state index is 11.2. The van der Waals surface area contributed by atoms with Crippen LogP contribution in [0, 0.1) is 19.3 Å². The summed E-state index contributed by atoms with van der Waals surface area (Å²) in [5.41, 5.74) is 11.7. The normalized spacial score (nSPS) is 24.7. The van der Waals surface area contributed by atoms with Crippen molar-refractivity contribution in [1.29, 1.82) is 0 Å². The Morgan fingerprint density at radius 3 is 1.83 bits per heavy atom. The Kier molecular flexibility index (Phi) is 6.04. The van der Waals surface area contributed by atoms with Crippen molar-refractivity contribution in [1.82, 2.24) is 0 Å². The van der Waals surface area contributed by atoms with Crippen molar-refractivity contribution in [2.75, 3.05) is 0 Å². The van der Waals surface area contributed by atoms with Crippen LogP contribution in [-0.4, -0.2) is 27.7 Å². The van der Waals surface area contributed by atoms with Crippen LogP contribution in [0.3, 0.4) is 0 Å². The molecule has 0 fully saturated rings. The first-order chi connectivity index (χ1) is 14.1. The van der Waals surface area contributed by atoms with Crippen molar-refractivity contribution in [3.05, 3.63) is 69.8 Å². The molecule has 4 rings (SSSR count). The molecule has 2 unspecified atom stereocenters. The largest absolute Gasteiger partial charge is 0.481 e. The van der Waals surface area contributed by atoms with Crippen molar-refractivity contribution < 1.29 is 19.8 Å². The third kappa shape index (κ3) is 4.26. The number of carbonyl (C=O) groups is 2. The molecule has 0 aliphatic heterocycles. The lowest BCUT2D eigenvalue weighted by Gasteiger charge is -2.31. The molecular formula is C25H31NO4. The topological polar surface area (TPSA) is 101 Å². The van der Waals surface area contributed by atoms with Crippen LogP contribution in [0.2, 0.25) is 0 Å². The quantitative estimate of drug-likeness (QED) is 0.700. The highest BCUT2D eigenvalue weighted by Crippen LogP contribution is 2.36. The lowest BCUT2D eigenvalue weighted by Crippen LogP contribution is -2.52. The van der Waals surface area contributed by atoms with E-state index in [2.05, 4.69) is 32.0 Å². The molecule has 2 atom stereocenters. The van der Waals surface area contributed by atoms with Gasteiger partial charge in [-0.3, -0.25) is 9.59 Å². The van der Waals surface area contributed by atoms with Crippen molar-refractivity contribution >= 4 is 11.9 Å². The molecule has 30 heavy (non-hydrogen) atoms. The Morgan fingerprint density at radius 2 is 1.33 bits per heavy atom. The molecule has 2 aliphatic carbocycles. The monoisotopic (exact) mass is 409 g/mol. The number of benzene rings is 2. The van der Waals surface area contributed by atoms with E-state index in [1.165, 1.54) is 27.8 Å². The summed E-state index contributed by atoms with van der Waals surface area (Å²) >= 11 is 0. The zero-order valence-electron chi connectivity index (χ0n) is 18.0. The summed E-state index contributed by atoms with van der Waals surface area (Å²) < 4.78 is 0. The van der Waals surface area contributed by atoms with Crippen molar-refractivity contribution in [2.45, 2.75) is 64.8 Å². The fourth-order valence-electron chi connectivity index (χ4n) is 4.62. The molecule has 0 amide bonds. The zero-order valence-corrected chi connectivity index (χ0v) is 18.0. The molecule has 4 N–H and O–H groups in total. The lowest BCUT2D eigenvalue weighted by atomic mass is 9.72. The minimum absolute atomic E-state index is 0.444. The first-order valence-corrected chi connectivity index (χ1v) is 10.5. The van der Waals surface area contributed by atoms with Gasteiger partial charge in [-0.15, -0.1) is 0 Å². The minimum atomic E-state index is -1.07. The van der Waals surface area contributed by atoms with Gasteiger partial charge in [0.05, 0.1) is 5.41 Å². The number of rotatable bonds is 2. The SMILES string of the molecule is Cc1cccc2c1CCC(C)(C(=O)O)C2.Cc1cccc2c1CCC(N)(C(=O)O)C2. The summed E-state index contributed by atoms with van der Waals surface area (Å²) in [5, 5.41) is 18.3. The molecule has 0 saturated carbocycles. The maximum Gasteiger partial charge on any atom is 0.324 e. The summed E-state index contributed by atoms with van der Waals surface area (Å²) in [6.07, 6.45) is 4.05. The van der Waals surface area contributed by atoms with Gasteiger partial charge in [0, 0.05) is 6.42 Å². The second-order valence-corrected chi connectivity index (χ2v) is 9.11. The van der Waals surface area contributed by atoms with Crippen LogP contribution in [0.1, 0.15) is 53.1 Å². The van der Waals surface area contributed by atoms with Gasteiger partial charge >= 0.3 is 11.9 Å². The number of hydrogen-bond acceptors (Lipinski definition) is 3. The van der Waals surface area contributed by atoms with E-state index in [0.29, 0.717) is 19.3 Å². The van der Waals surface area contributed by atoms with E-state index in [4.69, 9.17) is 10.8 Å². The molecule has 0 saturated heterocycles. The van der Waals surface area contributed by atoms with Crippen LogP contribution in [0.5, 0.6) is 0 Å². The van der Waals surface area contributed by atoms with E-state index in [-0.39, 0.29) is 0 Å². The van der Waals surface area contributed by atoms with Gasteiger partial charge in [-0.1, -0.05) is 36.4 Å². The van der Waals surface area contributed by atoms with Crippen LogP contribution in [0.4, 0.5) is 0 Å². The van der Waals surface area contributed by atoms with E-state index in [1.807, 2.05) is 25.1 Å². The number of aryl methyl sites for hydroxylation is 2. The van der Waals surface area contributed by atoms with Crippen LogP contribution in [0.25, 0.3) is 0 Å². The van der Waals surface area contributed by atoms with E-state index in [9.17, 15) is 14.7 Å². The van der Waals surface area contributed by atoms with Crippen LogP contribution < -0.4 is 5.73 Å². The highest BCUT2D eigenvalue weighted by molar-refractivity contribution is 5.79. The van der Waals surface area contributed by atoms with Gasteiger partial charge in [-0.2, -0.15) is 0 Å². The average Bonchev–Trinajstić information content (AvgIpc) is 2.68. The molecule has 2 aromatic carbocycles. The van der Waals surface area contributed by atoms with Crippen molar-refractivity contribution in [3.63, 3.8) is 0 Å². The number of nitrogens with two attached hydrogens (primary N) is 1. The predicted molar refractivity (Wildman–Crippen MR) is 117 cm³/mol. The van der Waals surface area contributed by atoms with Gasteiger partial charge in [0.2, 0.25) is 0 Å². The predicted octanol–water partition coefficient (Wildman–Crippen LogP) is 3.84. The molecule has 5 nitrogen and oxygen atoms in total. The summed E-state index contributed by atoms with van der Waals surface area (Å²) in [6, 6.07) is 12.2. The highest BCUT2D eigenvalue weighted by atomic mass is 16.4. The van der Waals surface area contributed by atoms with E-state index in [1.54, 1.807) is 0 Å². The van der Waals surface area contributed by atoms with Gasteiger partial charge in [-0.05, 0) is 86.3 Å². The lowest BCUT2D eigenvalue weighted by molar-refractivity contribution is -0.148. The summed E-state index contributed by atoms with van der Waals surface area (Å²) in [7, 11) is 0. The van der Waals surface area contributed by atoms with Crippen LogP contribution in [-0.2, 0) is 35.3 Å². The van der Waals surface area contributed by atoms with E-state index < -0.39 is 22.9 Å². The van der Waals surface area contributed by atoms with Gasteiger partial charge in [0.25, 0.3) is 0 Å².